The summed E-state index contributed by atoms with van der Waals surface area (Å²) in [5.74, 6) is 0. The lowest BCUT2D eigenvalue weighted by Gasteiger charge is -2.10. The molecule has 8 heavy (non-hydrogen) atoms. The third kappa shape index (κ3) is 5.74. The van der Waals surface area contributed by atoms with E-state index in [9.17, 15) is 0 Å². The normalized spacial score (nSPS) is 11.8. The van der Waals surface area contributed by atoms with Crippen molar-refractivity contribution in [2.75, 3.05) is 0 Å². The Balaban J connectivity index is 3.11. The van der Waals surface area contributed by atoms with Gasteiger partial charge in [0.25, 0.3) is 0 Å². The van der Waals surface area contributed by atoms with Gasteiger partial charge in [-0.25, -0.2) is 6.92 Å². The molecule has 0 aliphatic heterocycles. The Kier molecular flexibility index (Phi) is 2.81. The van der Waals surface area contributed by atoms with E-state index in [0.717, 1.165) is 19.3 Å². The van der Waals surface area contributed by atoms with E-state index in [2.05, 4.69) is 27.7 Å². The monoisotopic (exact) mass is 110 g/mol. The molecule has 0 bridgehead atoms. The fourth-order valence-corrected chi connectivity index (χ4v) is 0.500. The van der Waals surface area contributed by atoms with Crippen molar-refractivity contribution in [2.45, 2.75) is 19.3 Å². The van der Waals surface area contributed by atoms with Crippen LogP contribution >= 0.6 is 0 Å². The van der Waals surface area contributed by atoms with Gasteiger partial charge >= 0.3 is 0 Å². The van der Waals surface area contributed by atoms with Gasteiger partial charge in [0.15, 0.2) is 0 Å². The molecule has 0 heteroatoms. The van der Waals surface area contributed by atoms with Gasteiger partial charge < -0.3 is 6.92 Å². The summed E-state index contributed by atoms with van der Waals surface area (Å²) in [4.78, 5) is 0. The van der Waals surface area contributed by atoms with Gasteiger partial charge in [-0.2, -0.15) is 6.42 Å². The molecule has 0 heterocycles. The van der Waals surface area contributed by atoms with Crippen LogP contribution in [0.2, 0.25) is 0 Å². The zero-order chi connectivity index (χ0) is 6.62. The fraction of sp³-hybridized carbons (Fsp3) is 0.500. The average molecular weight is 110 g/mol. The quantitative estimate of drug-likeness (QED) is 0.489. The average Bonchev–Trinajstić information content (AvgIpc) is 1.59. The molecule has 0 atom stereocenters. The molecule has 0 unspecified atom stereocenters. The molecule has 0 spiro atoms. The maximum absolute atomic E-state index is 3.76. The van der Waals surface area contributed by atoms with Crippen molar-refractivity contribution in [2.24, 2.45) is 5.41 Å². The van der Waals surface area contributed by atoms with Gasteiger partial charge in [0.1, 0.15) is 5.41 Å². The van der Waals surface area contributed by atoms with Gasteiger partial charge in [-0.3, -0.25) is 0 Å². The van der Waals surface area contributed by atoms with Gasteiger partial charge in [0.2, 0.25) is 0 Å². The van der Waals surface area contributed by atoms with Crippen LogP contribution in [0.25, 0.3) is 0 Å². The molecule has 0 aliphatic rings. The van der Waals surface area contributed by atoms with Crippen LogP contribution in [0, 0.1) is 33.1 Å². The Morgan fingerprint density at radius 2 is 1.88 bits per heavy atom. The van der Waals surface area contributed by atoms with Crippen LogP contribution in [0.1, 0.15) is 19.3 Å². The van der Waals surface area contributed by atoms with Gasteiger partial charge in [0, 0.05) is 6.42 Å². The summed E-state index contributed by atoms with van der Waals surface area (Å²) >= 11 is 0. The number of hydrogen-bond donors (Lipinski definition) is 0. The SMILES string of the molecule is [CH2+]C([CH2+])([CH2-])CCC[CH2-]. The van der Waals surface area contributed by atoms with Gasteiger partial charge in [-0.1, -0.05) is 6.42 Å². The lowest BCUT2D eigenvalue weighted by molar-refractivity contribution is 0.526. The molecule has 0 aliphatic carbocycles. The van der Waals surface area contributed by atoms with Crippen LogP contribution < -0.4 is 0 Å². The largest absolute Gasteiger partial charge is 0.343 e. The van der Waals surface area contributed by atoms with E-state index in [0.29, 0.717) is 0 Å². The molecule has 0 aromatic rings. The van der Waals surface area contributed by atoms with E-state index in [1.165, 1.54) is 0 Å². The first-order valence-electron chi connectivity index (χ1n) is 2.91. The molecule has 0 nitrogen and oxygen atoms in total. The summed E-state index contributed by atoms with van der Waals surface area (Å²) in [6, 6.07) is 0. The standard InChI is InChI=1S/C8H14/c1-5-6-7-8(2,3)4/h1-7H2. The van der Waals surface area contributed by atoms with Crippen molar-refractivity contribution in [1.29, 1.82) is 0 Å². The second-order valence-corrected chi connectivity index (χ2v) is 2.46. The van der Waals surface area contributed by atoms with Crippen molar-refractivity contribution in [3.8, 4) is 0 Å². The third-order valence-electron chi connectivity index (χ3n) is 0.957. The molecule has 0 rings (SSSR count). The van der Waals surface area contributed by atoms with E-state index >= 15 is 0 Å². The summed E-state index contributed by atoms with van der Waals surface area (Å²) in [6.45, 7) is 15.0. The minimum Gasteiger partial charge on any atom is -0.343 e. The van der Waals surface area contributed by atoms with E-state index in [1.807, 2.05) is 0 Å². The first kappa shape index (κ1) is 7.74. The van der Waals surface area contributed by atoms with Crippen LogP contribution in [0.5, 0.6) is 0 Å². The second kappa shape index (κ2) is 2.91. The topological polar surface area (TPSA) is 0 Å². The highest BCUT2D eigenvalue weighted by Crippen LogP contribution is 2.19. The smallest absolute Gasteiger partial charge is 0.118 e. The number of unbranched alkanes of at least 4 members (excludes halogenated alkanes) is 1. The van der Waals surface area contributed by atoms with Crippen LogP contribution in [0.15, 0.2) is 0 Å². The molecule has 0 saturated carbocycles. The Morgan fingerprint density at radius 3 is 2.00 bits per heavy atom. The van der Waals surface area contributed by atoms with E-state index in [4.69, 9.17) is 0 Å². The van der Waals surface area contributed by atoms with E-state index < -0.39 is 0 Å². The maximum Gasteiger partial charge on any atom is 0.118 e. The summed E-state index contributed by atoms with van der Waals surface area (Å²) in [5.41, 5.74) is -0.238. The molecular weight excluding hydrogens is 96.1 g/mol. The van der Waals surface area contributed by atoms with E-state index in [-0.39, 0.29) is 5.41 Å². The minimum atomic E-state index is -0.238. The lowest BCUT2D eigenvalue weighted by atomic mass is 9.90. The Hall–Kier alpha value is -0.260. The zero-order valence-corrected chi connectivity index (χ0v) is 5.45. The predicted octanol–water partition coefficient (Wildman–Crippen LogP) is 2.48. The molecular formula is C8H14. The summed E-state index contributed by atoms with van der Waals surface area (Å²) < 4.78 is 0. The van der Waals surface area contributed by atoms with Crippen molar-refractivity contribution in [3.05, 3.63) is 27.7 Å². The van der Waals surface area contributed by atoms with Crippen LogP contribution in [0.3, 0.4) is 0 Å². The molecule has 0 saturated heterocycles. The Morgan fingerprint density at radius 1 is 1.38 bits per heavy atom. The van der Waals surface area contributed by atoms with Crippen molar-refractivity contribution in [1.82, 2.24) is 0 Å². The van der Waals surface area contributed by atoms with Gasteiger partial charge in [0.05, 0.1) is 13.8 Å². The third-order valence-corrected chi connectivity index (χ3v) is 0.957. The first-order chi connectivity index (χ1) is 3.56. The van der Waals surface area contributed by atoms with Crippen molar-refractivity contribution < 1.29 is 0 Å². The number of rotatable bonds is 3. The fourth-order valence-electron chi connectivity index (χ4n) is 0.500. The lowest BCUT2D eigenvalue weighted by Crippen LogP contribution is -2.05. The van der Waals surface area contributed by atoms with Gasteiger partial charge in [-0.15, -0.1) is 0 Å². The zero-order valence-electron chi connectivity index (χ0n) is 5.45. The summed E-state index contributed by atoms with van der Waals surface area (Å²) in [5, 5.41) is 0. The highest BCUT2D eigenvalue weighted by molar-refractivity contribution is 4.86. The first-order valence-corrected chi connectivity index (χ1v) is 2.91. The van der Waals surface area contributed by atoms with Gasteiger partial charge in [-0.05, 0) is 0 Å². The van der Waals surface area contributed by atoms with Crippen LogP contribution in [0.4, 0.5) is 0 Å². The summed E-state index contributed by atoms with van der Waals surface area (Å²) in [6.07, 6.45) is 3.01. The molecule has 0 amide bonds. The molecule has 0 aromatic heterocycles. The number of hydrogen-bond acceptors (Lipinski definition) is 0. The maximum atomic E-state index is 3.76. The molecule has 46 valence electrons. The minimum absolute atomic E-state index is 0.238. The highest BCUT2D eigenvalue weighted by atomic mass is 14.1. The molecule has 0 aromatic carbocycles. The molecule has 0 N–H and O–H groups in total. The van der Waals surface area contributed by atoms with Crippen molar-refractivity contribution >= 4 is 0 Å². The summed E-state index contributed by atoms with van der Waals surface area (Å²) in [7, 11) is 0. The van der Waals surface area contributed by atoms with E-state index in [1.54, 1.807) is 0 Å². The Bertz CT molecular complexity index is 47.5. The van der Waals surface area contributed by atoms with Crippen molar-refractivity contribution in [3.63, 3.8) is 0 Å². The Labute approximate surface area is 53.3 Å². The van der Waals surface area contributed by atoms with Crippen LogP contribution in [-0.4, -0.2) is 0 Å². The predicted molar refractivity (Wildman–Crippen MR) is 37.7 cm³/mol. The second-order valence-electron chi connectivity index (χ2n) is 2.46. The molecule has 0 fully saturated rings. The highest BCUT2D eigenvalue weighted by Gasteiger charge is 2.15. The van der Waals surface area contributed by atoms with Crippen LogP contribution in [-0.2, 0) is 0 Å². The molecule has 0 radical (unpaired) electrons.